The molecule has 1 heterocycles. The van der Waals surface area contributed by atoms with Crippen LogP contribution in [0.15, 0.2) is 65.6 Å². The number of carbonyl (C=O) groups excluding carboxylic acids is 1. The fourth-order valence-corrected chi connectivity index (χ4v) is 5.15. The average molecular weight is 440 g/mol. The molecule has 1 N–H and O–H groups in total. The number of likely N-dealkylation sites (N-methyl/N-ethyl adjacent to an activating group) is 1. The van der Waals surface area contributed by atoms with E-state index in [-0.39, 0.29) is 17.9 Å². The second-order valence-electron chi connectivity index (χ2n) is 8.89. The van der Waals surface area contributed by atoms with Crippen LogP contribution in [-0.2, 0) is 4.79 Å². The lowest BCUT2D eigenvalue weighted by molar-refractivity contribution is -0.126. The zero-order valence-electron chi connectivity index (χ0n) is 19.2. The van der Waals surface area contributed by atoms with Crippen LogP contribution in [0.4, 0.5) is 0 Å². The third-order valence-corrected chi connectivity index (χ3v) is 6.88. The monoisotopic (exact) mass is 439 g/mol. The summed E-state index contributed by atoms with van der Waals surface area (Å²) in [6, 6.07) is 21.7. The summed E-state index contributed by atoms with van der Waals surface area (Å²) in [5.74, 6) is 0.901. The van der Waals surface area contributed by atoms with Gasteiger partial charge in [-0.1, -0.05) is 48.5 Å². The fourth-order valence-electron chi connectivity index (χ4n) is 4.26. The van der Waals surface area contributed by atoms with E-state index < -0.39 is 0 Å². The Balaban J connectivity index is 1.52. The van der Waals surface area contributed by atoms with Crippen LogP contribution in [0, 0.1) is 5.92 Å². The first kappa shape index (κ1) is 23.8. The summed E-state index contributed by atoms with van der Waals surface area (Å²) in [5, 5.41) is 3.08. The molecule has 1 aliphatic heterocycles. The Morgan fingerprint density at radius 2 is 1.68 bits per heavy atom. The van der Waals surface area contributed by atoms with Gasteiger partial charge in [0.15, 0.2) is 0 Å². The van der Waals surface area contributed by atoms with E-state index in [1.165, 1.54) is 10.5 Å². The molecule has 3 rings (SSSR count). The van der Waals surface area contributed by atoms with Crippen LogP contribution >= 0.6 is 11.9 Å². The van der Waals surface area contributed by atoms with Crippen LogP contribution in [0.5, 0.6) is 0 Å². The van der Waals surface area contributed by atoms with Crippen LogP contribution in [0.1, 0.15) is 44.6 Å². The highest BCUT2D eigenvalue weighted by Crippen LogP contribution is 2.28. The molecule has 2 aromatic carbocycles. The number of carbonyl (C=O) groups is 1. The average Bonchev–Trinajstić information content (AvgIpc) is 2.78. The maximum atomic E-state index is 12.3. The normalized spacial score (nSPS) is 16.5. The largest absolute Gasteiger partial charge is 0.354 e. The highest BCUT2D eigenvalue weighted by Gasteiger charge is 2.26. The van der Waals surface area contributed by atoms with E-state index in [0.717, 1.165) is 45.4 Å². The molecule has 31 heavy (non-hydrogen) atoms. The molecule has 1 saturated heterocycles. The number of amides is 1. The van der Waals surface area contributed by atoms with Crippen molar-refractivity contribution in [3.05, 3.63) is 66.2 Å². The zero-order chi connectivity index (χ0) is 22.1. The van der Waals surface area contributed by atoms with Crippen molar-refractivity contribution in [2.24, 2.45) is 5.92 Å². The maximum absolute atomic E-state index is 12.3. The highest BCUT2D eigenvalue weighted by molar-refractivity contribution is 7.97. The number of nitrogens with one attached hydrogen (secondary N) is 1. The number of hydrogen-bond donors (Lipinski definition) is 1. The third-order valence-electron chi connectivity index (χ3n) is 5.94. The first-order valence-corrected chi connectivity index (χ1v) is 12.3. The summed E-state index contributed by atoms with van der Waals surface area (Å²) >= 11 is 1.81. The van der Waals surface area contributed by atoms with Crippen molar-refractivity contribution < 1.29 is 4.79 Å². The van der Waals surface area contributed by atoms with E-state index in [0.29, 0.717) is 5.92 Å². The summed E-state index contributed by atoms with van der Waals surface area (Å²) in [5.41, 5.74) is 1.41. The Labute approximate surface area is 192 Å². The van der Waals surface area contributed by atoms with E-state index in [9.17, 15) is 4.79 Å². The number of rotatable bonds is 10. The Morgan fingerprint density at radius 3 is 2.29 bits per heavy atom. The van der Waals surface area contributed by atoms with Gasteiger partial charge in [0.2, 0.25) is 5.91 Å². The smallest absolute Gasteiger partial charge is 0.223 e. The van der Waals surface area contributed by atoms with Crippen molar-refractivity contribution in [3.8, 4) is 0 Å². The molecule has 0 aromatic heterocycles. The lowest BCUT2D eigenvalue weighted by Crippen LogP contribution is -2.42. The summed E-state index contributed by atoms with van der Waals surface area (Å²) in [7, 11) is 2.19. The Hall–Kier alpha value is -1.82. The molecule has 0 saturated carbocycles. The van der Waals surface area contributed by atoms with E-state index >= 15 is 0 Å². The van der Waals surface area contributed by atoms with Crippen molar-refractivity contribution in [3.63, 3.8) is 0 Å². The predicted octanol–water partition coefficient (Wildman–Crippen LogP) is 5.04. The molecule has 1 atom stereocenters. The SMILES string of the molecule is CC(C)NC(=O)C1CCN(CCC(CN(C)Sc2ccccc2)c2ccccc2)CC1. The van der Waals surface area contributed by atoms with Gasteiger partial charge >= 0.3 is 0 Å². The van der Waals surface area contributed by atoms with Gasteiger partial charge < -0.3 is 10.2 Å². The number of piperidine rings is 1. The van der Waals surface area contributed by atoms with E-state index in [2.05, 4.69) is 82.2 Å². The van der Waals surface area contributed by atoms with E-state index in [1.54, 1.807) is 0 Å². The molecule has 0 spiro atoms. The number of nitrogens with zero attached hydrogens (tertiary/aromatic N) is 2. The summed E-state index contributed by atoms with van der Waals surface area (Å²) in [6.45, 7) is 8.20. The van der Waals surface area contributed by atoms with Gasteiger partial charge in [0, 0.05) is 23.4 Å². The van der Waals surface area contributed by atoms with Crippen LogP contribution in [0.2, 0.25) is 0 Å². The minimum atomic E-state index is 0.178. The summed E-state index contributed by atoms with van der Waals surface area (Å²) in [4.78, 5) is 16.1. The molecular formula is C26H37N3OS. The number of benzene rings is 2. The molecule has 1 amide bonds. The van der Waals surface area contributed by atoms with Crippen LogP contribution in [0.25, 0.3) is 0 Å². The van der Waals surface area contributed by atoms with Crippen LogP contribution < -0.4 is 5.32 Å². The second kappa shape index (κ2) is 12.3. The van der Waals surface area contributed by atoms with Gasteiger partial charge in [-0.3, -0.25) is 4.79 Å². The van der Waals surface area contributed by atoms with Gasteiger partial charge in [0.25, 0.3) is 0 Å². The first-order valence-electron chi connectivity index (χ1n) is 11.5. The fraction of sp³-hybridized carbons (Fsp3) is 0.500. The quantitative estimate of drug-likeness (QED) is 0.526. The molecule has 4 nitrogen and oxygen atoms in total. The second-order valence-corrected chi connectivity index (χ2v) is 10.2. The zero-order valence-corrected chi connectivity index (χ0v) is 20.0. The molecule has 0 radical (unpaired) electrons. The first-order chi connectivity index (χ1) is 15.0. The molecule has 1 aliphatic rings. The Morgan fingerprint density at radius 1 is 1.06 bits per heavy atom. The number of hydrogen-bond acceptors (Lipinski definition) is 4. The van der Waals surface area contributed by atoms with Gasteiger partial charge in [-0.05, 0) is 95.4 Å². The molecular weight excluding hydrogens is 402 g/mol. The molecule has 0 bridgehead atoms. The molecule has 2 aromatic rings. The van der Waals surface area contributed by atoms with Gasteiger partial charge in [0.1, 0.15) is 0 Å². The van der Waals surface area contributed by atoms with Crippen molar-refractivity contribution in [2.75, 3.05) is 33.2 Å². The minimum absolute atomic E-state index is 0.178. The van der Waals surface area contributed by atoms with Crippen molar-refractivity contribution in [1.29, 1.82) is 0 Å². The number of likely N-dealkylation sites (tertiary alicyclic amines) is 1. The maximum Gasteiger partial charge on any atom is 0.223 e. The standard InChI is InChI=1S/C26H37N3OS/c1-21(2)27-26(30)23-14-17-29(18-15-23)19-16-24(22-10-6-4-7-11-22)20-28(3)31-25-12-8-5-9-13-25/h4-13,21,23-24H,14-20H2,1-3H3,(H,27,30). The molecule has 5 heteroatoms. The van der Waals surface area contributed by atoms with E-state index in [4.69, 9.17) is 0 Å². The van der Waals surface area contributed by atoms with Crippen LogP contribution in [0.3, 0.4) is 0 Å². The lowest BCUT2D eigenvalue weighted by atomic mass is 9.93. The summed E-state index contributed by atoms with van der Waals surface area (Å²) < 4.78 is 2.36. The lowest BCUT2D eigenvalue weighted by Gasteiger charge is -2.33. The van der Waals surface area contributed by atoms with Gasteiger partial charge in [-0.25, -0.2) is 4.31 Å². The minimum Gasteiger partial charge on any atom is -0.354 e. The molecule has 1 fully saturated rings. The van der Waals surface area contributed by atoms with Crippen LogP contribution in [-0.4, -0.2) is 54.4 Å². The van der Waals surface area contributed by atoms with E-state index in [1.807, 2.05) is 25.8 Å². The highest BCUT2D eigenvalue weighted by atomic mass is 32.2. The van der Waals surface area contributed by atoms with Gasteiger partial charge in [-0.15, -0.1) is 0 Å². The predicted molar refractivity (Wildman–Crippen MR) is 131 cm³/mol. The molecule has 0 aliphatic carbocycles. The molecule has 1 unspecified atom stereocenters. The topological polar surface area (TPSA) is 35.6 Å². The molecule has 168 valence electrons. The third kappa shape index (κ3) is 7.99. The van der Waals surface area contributed by atoms with Crippen molar-refractivity contribution >= 4 is 17.9 Å². The Bertz CT molecular complexity index is 776. The Kier molecular flexibility index (Phi) is 9.44. The van der Waals surface area contributed by atoms with Crippen molar-refractivity contribution in [2.45, 2.75) is 50.0 Å². The van der Waals surface area contributed by atoms with Gasteiger partial charge in [0.05, 0.1) is 0 Å². The van der Waals surface area contributed by atoms with Gasteiger partial charge in [-0.2, -0.15) is 0 Å². The summed E-state index contributed by atoms with van der Waals surface area (Å²) in [6.07, 6.45) is 3.07. The van der Waals surface area contributed by atoms with Crippen molar-refractivity contribution in [1.82, 2.24) is 14.5 Å².